The van der Waals surface area contributed by atoms with Gasteiger partial charge in [-0.05, 0) is 48.7 Å². The van der Waals surface area contributed by atoms with Gasteiger partial charge in [-0.3, -0.25) is 9.59 Å². The summed E-state index contributed by atoms with van der Waals surface area (Å²) in [5.41, 5.74) is 3.28. The normalized spacial score (nSPS) is 10.3. The molecular formula is C19H21FN2O2. The Bertz CT molecular complexity index is 742. The molecule has 0 radical (unpaired) electrons. The SMILES string of the molecule is CCc1cccc(C)c1NC(=O)CN(C(C)=O)c1ccc(F)cc1. The highest BCUT2D eigenvalue weighted by atomic mass is 19.1. The maximum Gasteiger partial charge on any atom is 0.244 e. The lowest BCUT2D eigenvalue weighted by molar-refractivity contribution is -0.120. The van der Waals surface area contributed by atoms with Crippen molar-refractivity contribution in [2.24, 2.45) is 0 Å². The zero-order valence-electron chi connectivity index (χ0n) is 14.1. The van der Waals surface area contributed by atoms with Crippen LogP contribution < -0.4 is 10.2 Å². The first-order chi connectivity index (χ1) is 11.4. The van der Waals surface area contributed by atoms with Gasteiger partial charge in [-0.15, -0.1) is 0 Å². The summed E-state index contributed by atoms with van der Waals surface area (Å²) in [5, 5.41) is 2.89. The van der Waals surface area contributed by atoms with E-state index in [2.05, 4.69) is 5.32 Å². The number of hydrogen-bond donors (Lipinski definition) is 1. The smallest absolute Gasteiger partial charge is 0.244 e. The van der Waals surface area contributed by atoms with Gasteiger partial charge in [-0.25, -0.2) is 4.39 Å². The molecule has 0 aromatic heterocycles. The molecule has 0 fully saturated rings. The number of nitrogens with zero attached hydrogens (tertiary/aromatic N) is 1. The van der Waals surface area contributed by atoms with E-state index in [-0.39, 0.29) is 24.2 Å². The fourth-order valence-corrected chi connectivity index (χ4v) is 2.53. The molecule has 2 amide bonds. The number of carbonyl (C=O) groups is 2. The zero-order valence-corrected chi connectivity index (χ0v) is 14.1. The van der Waals surface area contributed by atoms with Gasteiger partial charge >= 0.3 is 0 Å². The van der Waals surface area contributed by atoms with Gasteiger partial charge in [-0.2, -0.15) is 0 Å². The number of hydrogen-bond acceptors (Lipinski definition) is 2. The Morgan fingerprint density at radius 3 is 2.38 bits per heavy atom. The number of carbonyl (C=O) groups excluding carboxylic acids is 2. The third-order valence-corrected chi connectivity index (χ3v) is 3.82. The molecule has 0 aliphatic heterocycles. The molecule has 0 aliphatic rings. The molecule has 4 nitrogen and oxygen atoms in total. The second-order valence-corrected chi connectivity index (χ2v) is 5.59. The number of anilines is 2. The summed E-state index contributed by atoms with van der Waals surface area (Å²) >= 11 is 0. The number of nitrogens with one attached hydrogen (secondary N) is 1. The maximum absolute atomic E-state index is 13.0. The Labute approximate surface area is 141 Å². The van der Waals surface area contributed by atoms with Crippen molar-refractivity contribution >= 4 is 23.2 Å². The van der Waals surface area contributed by atoms with Crippen LogP contribution in [0.5, 0.6) is 0 Å². The van der Waals surface area contributed by atoms with Gasteiger partial charge in [0.1, 0.15) is 12.4 Å². The minimum absolute atomic E-state index is 0.127. The summed E-state index contributed by atoms with van der Waals surface area (Å²) in [4.78, 5) is 25.6. The second kappa shape index (κ2) is 7.73. The van der Waals surface area contributed by atoms with Crippen LogP contribution in [0.1, 0.15) is 25.0 Å². The van der Waals surface area contributed by atoms with E-state index in [4.69, 9.17) is 0 Å². The standard InChI is InChI=1S/C19H21FN2O2/c1-4-15-7-5-6-13(2)19(15)21-18(24)12-22(14(3)23)17-10-8-16(20)9-11-17/h5-11H,4,12H2,1-3H3,(H,21,24). The number of amides is 2. The number of aryl methyl sites for hydroxylation is 2. The number of halogens is 1. The summed E-state index contributed by atoms with van der Waals surface area (Å²) in [6, 6.07) is 11.3. The molecule has 2 rings (SSSR count). The Balaban J connectivity index is 2.18. The average Bonchev–Trinajstić information content (AvgIpc) is 2.55. The Morgan fingerprint density at radius 1 is 1.12 bits per heavy atom. The van der Waals surface area contributed by atoms with Crippen molar-refractivity contribution in [1.82, 2.24) is 0 Å². The Hall–Kier alpha value is -2.69. The Morgan fingerprint density at radius 2 is 1.79 bits per heavy atom. The predicted octanol–water partition coefficient (Wildman–Crippen LogP) is 3.69. The van der Waals surface area contributed by atoms with Crippen molar-refractivity contribution in [3.63, 3.8) is 0 Å². The van der Waals surface area contributed by atoms with E-state index in [0.717, 1.165) is 23.2 Å². The lowest BCUT2D eigenvalue weighted by Crippen LogP contribution is -2.36. The summed E-state index contributed by atoms with van der Waals surface area (Å²) in [6.45, 7) is 5.20. The van der Waals surface area contributed by atoms with Gasteiger partial charge in [0, 0.05) is 18.3 Å². The highest BCUT2D eigenvalue weighted by molar-refractivity contribution is 6.02. The van der Waals surface area contributed by atoms with Crippen molar-refractivity contribution in [3.8, 4) is 0 Å². The average molecular weight is 328 g/mol. The summed E-state index contributed by atoms with van der Waals surface area (Å²) in [6.07, 6.45) is 0.797. The summed E-state index contributed by atoms with van der Waals surface area (Å²) in [5.74, 6) is -0.963. The third-order valence-electron chi connectivity index (χ3n) is 3.82. The topological polar surface area (TPSA) is 49.4 Å². The van der Waals surface area contributed by atoms with E-state index in [1.165, 1.54) is 36.1 Å². The molecular weight excluding hydrogens is 307 g/mol. The van der Waals surface area contributed by atoms with Crippen LogP contribution in [0.15, 0.2) is 42.5 Å². The third kappa shape index (κ3) is 4.19. The lowest BCUT2D eigenvalue weighted by Gasteiger charge is -2.21. The molecule has 0 saturated carbocycles. The molecule has 2 aromatic carbocycles. The summed E-state index contributed by atoms with van der Waals surface area (Å²) in [7, 11) is 0. The minimum atomic E-state index is -0.390. The van der Waals surface area contributed by atoms with E-state index in [9.17, 15) is 14.0 Å². The second-order valence-electron chi connectivity index (χ2n) is 5.59. The number of para-hydroxylation sites is 1. The van der Waals surface area contributed by atoms with Gasteiger partial charge in [-0.1, -0.05) is 25.1 Å². The van der Waals surface area contributed by atoms with E-state index in [1.54, 1.807) is 0 Å². The molecule has 0 bridgehead atoms. The van der Waals surface area contributed by atoms with Crippen molar-refractivity contribution in [3.05, 3.63) is 59.4 Å². The van der Waals surface area contributed by atoms with Crippen LogP contribution in [0.25, 0.3) is 0 Å². The molecule has 1 N–H and O–H groups in total. The van der Waals surface area contributed by atoms with Crippen LogP contribution in [0.2, 0.25) is 0 Å². The molecule has 0 atom stereocenters. The lowest BCUT2D eigenvalue weighted by atomic mass is 10.1. The van der Waals surface area contributed by atoms with E-state index in [0.29, 0.717) is 5.69 Å². The van der Waals surface area contributed by atoms with Gasteiger partial charge in [0.15, 0.2) is 0 Å². The molecule has 5 heteroatoms. The summed E-state index contributed by atoms with van der Waals surface area (Å²) < 4.78 is 13.0. The molecule has 0 aliphatic carbocycles. The largest absolute Gasteiger partial charge is 0.324 e. The minimum Gasteiger partial charge on any atom is -0.324 e. The van der Waals surface area contributed by atoms with Crippen molar-refractivity contribution in [1.29, 1.82) is 0 Å². The molecule has 24 heavy (non-hydrogen) atoms. The zero-order chi connectivity index (χ0) is 17.7. The number of benzene rings is 2. The van der Waals surface area contributed by atoms with Crippen LogP contribution >= 0.6 is 0 Å². The van der Waals surface area contributed by atoms with E-state index in [1.807, 2.05) is 32.0 Å². The fraction of sp³-hybridized carbons (Fsp3) is 0.263. The van der Waals surface area contributed by atoms with Crippen LogP contribution in [-0.4, -0.2) is 18.4 Å². The van der Waals surface area contributed by atoms with Crippen molar-refractivity contribution < 1.29 is 14.0 Å². The van der Waals surface area contributed by atoms with Gasteiger partial charge < -0.3 is 10.2 Å². The first-order valence-corrected chi connectivity index (χ1v) is 7.84. The van der Waals surface area contributed by atoms with Crippen LogP contribution in [0.3, 0.4) is 0 Å². The Kier molecular flexibility index (Phi) is 5.68. The van der Waals surface area contributed by atoms with Crippen molar-refractivity contribution in [2.75, 3.05) is 16.8 Å². The first kappa shape index (κ1) is 17.7. The number of rotatable bonds is 5. The van der Waals surface area contributed by atoms with Crippen LogP contribution in [-0.2, 0) is 16.0 Å². The highest BCUT2D eigenvalue weighted by Gasteiger charge is 2.17. The quantitative estimate of drug-likeness (QED) is 0.910. The maximum atomic E-state index is 13.0. The van der Waals surface area contributed by atoms with Gasteiger partial charge in [0.25, 0.3) is 0 Å². The van der Waals surface area contributed by atoms with Gasteiger partial charge in [0.2, 0.25) is 11.8 Å². The van der Waals surface area contributed by atoms with E-state index < -0.39 is 0 Å². The van der Waals surface area contributed by atoms with Crippen LogP contribution in [0, 0.1) is 12.7 Å². The molecule has 0 unspecified atom stereocenters. The van der Waals surface area contributed by atoms with Gasteiger partial charge in [0.05, 0.1) is 0 Å². The molecule has 2 aromatic rings. The van der Waals surface area contributed by atoms with Crippen molar-refractivity contribution in [2.45, 2.75) is 27.2 Å². The monoisotopic (exact) mass is 328 g/mol. The highest BCUT2D eigenvalue weighted by Crippen LogP contribution is 2.21. The van der Waals surface area contributed by atoms with Crippen LogP contribution in [0.4, 0.5) is 15.8 Å². The first-order valence-electron chi connectivity index (χ1n) is 7.84. The molecule has 0 saturated heterocycles. The van der Waals surface area contributed by atoms with E-state index >= 15 is 0 Å². The molecule has 0 spiro atoms. The molecule has 126 valence electrons. The molecule has 0 heterocycles. The fourth-order valence-electron chi connectivity index (χ4n) is 2.53. The predicted molar refractivity (Wildman–Crippen MR) is 93.6 cm³/mol.